The normalized spacial score (nSPS) is 11.3. The van der Waals surface area contributed by atoms with Crippen LogP contribution in [0, 0.1) is 0 Å². The van der Waals surface area contributed by atoms with Gasteiger partial charge in [-0.25, -0.2) is 9.97 Å². The first-order chi connectivity index (χ1) is 14.4. The van der Waals surface area contributed by atoms with Crippen LogP contribution < -0.4 is 9.05 Å². The van der Waals surface area contributed by atoms with Crippen LogP contribution in [-0.4, -0.2) is 46.4 Å². The third-order valence-corrected chi connectivity index (χ3v) is 7.47. The molecular weight excluding hydrogens is 470 g/mol. The zero-order valence-corrected chi connectivity index (χ0v) is 20.7. The summed E-state index contributed by atoms with van der Waals surface area (Å²) < 4.78 is 31.9. The van der Waals surface area contributed by atoms with Gasteiger partial charge in [0.2, 0.25) is 11.8 Å². The maximum atomic E-state index is 5.39. The van der Waals surface area contributed by atoms with Gasteiger partial charge in [0.25, 0.3) is 0 Å². The number of hydrogen-bond acceptors (Lipinski definition) is 12. The molecule has 0 unspecified atom stereocenters. The van der Waals surface area contributed by atoms with E-state index in [4.69, 9.17) is 50.8 Å². The third kappa shape index (κ3) is 10.8. The molecule has 0 radical (unpaired) electrons. The topological polar surface area (TPSA) is 107 Å². The summed E-state index contributed by atoms with van der Waals surface area (Å²) in [6.45, 7) is 3.68. The van der Waals surface area contributed by atoms with E-state index in [1.165, 1.54) is 24.8 Å². The van der Waals surface area contributed by atoms with Crippen molar-refractivity contribution in [2.24, 2.45) is 0 Å². The molecule has 0 spiro atoms. The molecule has 0 N–H and O–H groups in total. The smallest absolute Gasteiger partial charge is 0.381 e. The summed E-state index contributed by atoms with van der Waals surface area (Å²) in [5.74, 6) is 0.644. The van der Waals surface area contributed by atoms with Gasteiger partial charge in [-0.2, -0.15) is 0 Å². The van der Waals surface area contributed by atoms with Crippen molar-refractivity contribution < 1.29 is 27.1 Å². The van der Waals surface area contributed by atoms with E-state index in [1.54, 1.807) is 12.4 Å². The highest BCUT2D eigenvalue weighted by molar-refractivity contribution is 8.08. The molecule has 168 valence electrons. The fourth-order valence-corrected chi connectivity index (χ4v) is 5.70. The summed E-state index contributed by atoms with van der Waals surface area (Å²) in [7, 11) is 0. The van der Waals surface area contributed by atoms with Crippen LogP contribution in [0.2, 0.25) is 0 Å². The minimum absolute atomic E-state index is 0.322. The SMILES string of the molecule is CCOP(=S)(OCC)Oc1cnccn1.CCOP(=S)(OCC)Oc1cnccn1. The van der Waals surface area contributed by atoms with Gasteiger partial charge in [0.05, 0.1) is 38.8 Å². The number of aromatic nitrogens is 4. The highest BCUT2D eigenvalue weighted by Gasteiger charge is 2.22. The van der Waals surface area contributed by atoms with E-state index < -0.39 is 13.4 Å². The number of hydrogen-bond donors (Lipinski definition) is 0. The monoisotopic (exact) mass is 496 g/mol. The first kappa shape index (κ1) is 26.9. The lowest BCUT2D eigenvalue weighted by Crippen LogP contribution is -2.03. The van der Waals surface area contributed by atoms with E-state index in [1.807, 2.05) is 27.7 Å². The van der Waals surface area contributed by atoms with E-state index in [-0.39, 0.29) is 0 Å². The molecule has 0 aromatic carbocycles. The summed E-state index contributed by atoms with van der Waals surface area (Å²) in [6.07, 6.45) is 9.09. The van der Waals surface area contributed by atoms with Crippen LogP contribution in [0.3, 0.4) is 0 Å². The van der Waals surface area contributed by atoms with Crippen LogP contribution in [0.1, 0.15) is 27.7 Å². The van der Waals surface area contributed by atoms with Crippen molar-refractivity contribution in [2.45, 2.75) is 27.7 Å². The van der Waals surface area contributed by atoms with Gasteiger partial charge in [-0.1, -0.05) is 0 Å². The van der Waals surface area contributed by atoms with Crippen molar-refractivity contribution >= 4 is 37.1 Å². The number of nitrogens with zero attached hydrogens (tertiary/aromatic N) is 4. The van der Waals surface area contributed by atoms with Gasteiger partial charge in [0.15, 0.2) is 0 Å². The Hall–Kier alpha value is -1.10. The molecule has 0 aliphatic rings. The van der Waals surface area contributed by atoms with E-state index >= 15 is 0 Å². The van der Waals surface area contributed by atoms with Crippen molar-refractivity contribution in [2.75, 3.05) is 26.4 Å². The zero-order chi connectivity index (χ0) is 22.3. The largest absolute Gasteiger partial charge is 0.404 e. The van der Waals surface area contributed by atoms with Gasteiger partial charge < -0.3 is 9.05 Å². The quantitative estimate of drug-likeness (QED) is 0.391. The van der Waals surface area contributed by atoms with Crippen LogP contribution in [0.5, 0.6) is 11.8 Å². The van der Waals surface area contributed by atoms with Gasteiger partial charge >= 0.3 is 13.4 Å². The predicted molar refractivity (Wildman–Crippen MR) is 120 cm³/mol. The van der Waals surface area contributed by atoms with E-state index in [9.17, 15) is 0 Å². The molecular formula is C16H26N4O6P2S2. The molecule has 30 heavy (non-hydrogen) atoms. The fourth-order valence-electron chi connectivity index (χ4n) is 1.71. The summed E-state index contributed by atoms with van der Waals surface area (Å²) in [5.41, 5.74) is 0. The molecule has 2 aromatic rings. The Balaban J connectivity index is 0.000000300. The molecule has 14 heteroatoms. The highest BCUT2D eigenvalue weighted by Crippen LogP contribution is 2.49. The molecule has 0 fully saturated rings. The van der Waals surface area contributed by atoms with Gasteiger partial charge in [0, 0.05) is 48.4 Å². The molecule has 0 aliphatic heterocycles. The van der Waals surface area contributed by atoms with Gasteiger partial charge in [-0.15, -0.1) is 0 Å². The molecule has 0 saturated heterocycles. The van der Waals surface area contributed by atoms with Crippen LogP contribution >= 0.6 is 13.4 Å². The lowest BCUT2D eigenvalue weighted by Gasteiger charge is -2.19. The maximum Gasteiger partial charge on any atom is 0.381 e. The van der Waals surface area contributed by atoms with E-state index in [2.05, 4.69) is 19.9 Å². The first-order valence-electron chi connectivity index (χ1n) is 9.09. The summed E-state index contributed by atoms with van der Waals surface area (Å²) in [4.78, 5) is 15.6. The maximum absolute atomic E-state index is 5.39. The Morgan fingerprint density at radius 3 is 1.20 bits per heavy atom. The van der Waals surface area contributed by atoms with Crippen molar-refractivity contribution in [1.82, 2.24) is 19.9 Å². The van der Waals surface area contributed by atoms with Gasteiger partial charge in [0.1, 0.15) is 0 Å². The molecule has 0 saturated carbocycles. The van der Waals surface area contributed by atoms with Crippen LogP contribution in [0.4, 0.5) is 0 Å². The van der Waals surface area contributed by atoms with Crippen molar-refractivity contribution in [3.8, 4) is 11.8 Å². The molecule has 0 bridgehead atoms. The van der Waals surface area contributed by atoms with Gasteiger partial charge in [-0.3, -0.25) is 28.1 Å². The molecule has 0 atom stereocenters. The van der Waals surface area contributed by atoms with Gasteiger partial charge in [-0.05, 0) is 27.7 Å². The molecule has 2 heterocycles. The minimum atomic E-state index is -2.71. The minimum Gasteiger partial charge on any atom is -0.404 e. The number of rotatable bonds is 12. The van der Waals surface area contributed by atoms with Crippen molar-refractivity contribution in [3.05, 3.63) is 37.2 Å². The highest BCUT2D eigenvalue weighted by atomic mass is 32.5. The lowest BCUT2D eigenvalue weighted by molar-refractivity contribution is 0.215. The van der Waals surface area contributed by atoms with E-state index in [0.717, 1.165) is 0 Å². The molecule has 10 nitrogen and oxygen atoms in total. The third-order valence-electron chi connectivity index (χ3n) is 2.64. The summed E-state index contributed by atoms with van der Waals surface area (Å²) in [5, 5.41) is 0. The van der Waals surface area contributed by atoms with Crippen molar-refractivity contribution in [3.63, 3.8) is 0 Å². The van der Waals surface area contributed by atoms with Crippen molar-refractivity contribution in [1.29, 1.82) is 0 Å². The second-order valence-corrected chi connectivity index (χ2v) is 10.7. The Bertz CT molecular complexity index is 719. The average molecular weight is 496 g/mol. The van der Waals surface area contributed by atoms with Crippen LogP contribution in [0.15, 0.2) is 37.2 Å². The summed E-state index contributed by atoms with van der Waals surface area (Å²) >= 11 is 10.3. The Morgan fingerprint density at radius 2 is 0.967 bits per heavy atom. The Labute approximate surface area is 187 Å². The Kier molecular flexibility index (Phi) is 13.3. The second kappa shape index (κ2) is 14.8. The van der Waals surface area contributed by atoms with Crippen LogP contribution in [-0.2, 0) is 41.7 Å². The standard InChI is InChI=1S/2C8H13N2O3PS/c2*1-3-11-14(15,12-4-2)13-8-7-9-5-6-10-8/h2*5-7H,3-4H2,1-2H3. The van der Waals surface area contributed by atoms with E-state index in [0.29, 0.717) is 38.2 Å². The Morgan fingerprint density at radius 1 is 0.633 bits per heavy atom. The van der Waals surface area contributed by atoms with Crippen LogP contribution in [0.25, 0.3) is 0 Å². The first-order valence-corrected chi connectivity index (χ1v) is 14.2. The fraction of sp³-hybridized carbons (Fsp3) is 0.500. The second-order valence-electron chi connectivity index (χ2n) is 4.84. The summed E-state index contributed by atoms with van der Waals surface area (Å²) in [6, 6.07) is 0. The molecule has 0 aliphatic carbocycles. The molecule has 0 amide bonds. The zero-order valence-electron chi connectivity index (χ0n) is 17.2. The lowest BCUT2D eigenvalue weighted by atomic mass is 10.7. The average Bonchev–Trinajstić information content (AvgIpc) is 2.70. The molecule has 2 rings (SSSR count). The molecule has 2 aromatic heterocycles. The predicted octanol–water partition coefficient (Wildman–Crippen LogP) is 4.31.